The van der Waals surface area contributed by atoms with E-state index in [-0.39, 0.29) is 11.3 Å². The number of rotatable bonds is 4. The summed E-state index contributed by atoms with van der Waals surface area (Å²) < 4.78 is 13.2. The molecule has 0 saturated heterocycles. The highest BCUT2D eigenvalue weighted by Gasteiger charge is 2.16. The average Bonchev–Trinajstić information content (AvgIpc) is 2.41. The number of hydrogen-bond donors (Lipinski definition) is 1. The van der Waals surface area contributed by atoms with Gasteiger partial charge in [0.15, 0.2) is 0 Å². The van der Waals surface area contributed by atoms with Gasteiger partial charge in [-0.05, 0) is 29.8 Å². The fraction of sp³-hybridized carbons (Fsp3) is 0.0714. The molecule has 0 aliphatic rings. The molecule has 0 fully saturated rings. The Morgan fingerprint density at radius 3 is 2.60 bits per heavy atom. The molecule has 2 aromatic rings. The Bertz CT molecular complexity index is 688. The summed E-state index contributed by atoms with van der Waals surface area (Å²) in [5.74, 6) is -0.910. The predicted molar refractivity (Wildman–Crippen MR) is 82.7 cm³/mol. The third-order valence-corrected chi connectivity index (χ3v) is 4.93. The minimum absolute atomic E-state index is 0.0547. The van der Waals surface area contributed by atoms with Gasteiger partial charge in [0.05, 0.1) is 27.0 Å². The van der Waals surface area contributed by atoms with Crippen LogP contribution in [-0.2, 0) is 16.6 Å². The maximum absolute atomic E-state index is 12.4. The van der Waals surface area contributed by atoms with Crippen LogP contribution in [0.5, 0.6) is 0 Å². The standard InChI is InChI=1S/C14H10BrClO3S/c15-10-6-5-9(12(16)7-10)8-20(19)13-4-2-1-3-11(13)14(17)18/h1-7H,8H2,(H,17,18). The normalized spacial score (nSPS) is 12.1. The number of halogens is 2. The number of benzene rings is 2. The first-order valence-electron chi connectivity index (χ1n) is 5.63. The lowest BCUT2D eigenvalue weighted by Gasteiger charge is -2.07. The molecule has 2 rings (SSSR count). The Hall–Kier alpha value is -1.17. The highest BCUT2D eigenvalue weighted by Crippen LogP contribution is 2.25. The molecule has 0 aliphatic carbocycles. The SMILES string of the molecule is O=C(O)c1ccccc1S(=O)Cc1ccc(Br)cc1Cl. The van der Waals surface area contributed by atoms with Crippen molar-refractivity contribution in [1.29, 1.82) is 0 Å². The fourth-order valence-corrected chi connectivity index (χ4v) is 3.84. The molecule has 0 heterocycles. The second kappa shape index (κ2) is 6.52. The van der Waals surface area contributed by atoms with Gasteiger partial charge in [0.1, 0.15) is 0 Å². The van der Waals surface area contributed by atoms with Gasteiger partial charge in [-0.1, -0.05) is 45.7 Å². The second-order valence-electron chi connectivity index (χ2n) is 4.03. The number of carboxylic acids is 1. The summed E-state index contributed by atoms with van der Waals surface area (Å²) in [6.45, 7) is 0. The first-order valence-corrected chi connectivity index (χ1v) is 8.12. The Morgan fingerprint density at radius 2 is 1.95 bits per heavy atom. The van der Waals surface area contributed by atoms with Crippen LogP contribution < -0.4 is 0 Å². The summed E-state index contributed by atoms with van der Waals surface area (Å²) in [6.07, 6.45) is 0. The quantitative estimate of drug-likeness (QED) is 0.877. The minimum atomic E-state index is -1.46. The Balaban J connectivity index is 2.31. The van der Waals surface area contributed by atoms with E-state index in [9.17, 15) is 9.00 Å². The molecule has 2 aromatic carbocycles. The van der Waals surface area contributed by atoms with Crippen LogP contribution in [0.4, 0.5) is 0 Å². The number of hydrogen-bond acceptors (Lipinski definition) is 2. The lowest BCUT2D eigenvalue weighted by molar-refractivity contribution is 0.0693. The van der Waals surface area contributed by atoms with E-state index in [2.05, 4.69) is 15.9 Å². The third kappa shape index (κ3) is 3.48. The van der Waals surface area contributed by atoms with Gasteiger partial charge in [0, 0.05) is 9.50 Å². The number of carboxylic acid groups (broad SMARTS) is 1. The minimum Gasteiger partial charge on any atom is -0.478 e. The van der Waals surface area contributed by atoms with E-state index in [0.29, 0.717) is 15.5 Å². The first kappa shape index (κ1) is 15.2. The molecule has 1 atom stereocenters. The molecule has 0 aliphatic heterocycles. The van der Waals surface area contributed by atoms with Crippen molar-refractivity contribution in [2.24, 2.45) is 0 Å². The van der Waals surface area contributed by atoms with Crippen molar-refractivity contribution >= 4 is 44.3 Å². The summed E-state index contributed by atoms with van der Waals surface area (Å²) in [6, 6.07) is 11.6. The van der Waals surface area contributed by atoms with Crippen LogP contribution in [0.25, 0.3) is 0 Å². The molecule has 0 amide bonds. The molecular formula is C14H10BrClO3S. The summed E-state index contributed by atoms with van der Waals surface area (Å²) in [5, 5.41) is 9.61. The summed E-state index contributed by atoms with van der Waals surface area (Å²) >= 11 is 9.38. The third-order valence-electron chi connectivity index (χ3n) is 2.66. The topological polar surface area (TPSA) is 54.4 Å². The van der Waals surface area contributed by atoms with E-state index in [1.807, 2.05) is 6.07 Å². The van der Waals surface area contributed by atoms with E-state index in [1.54, 1.807) is 30.3 Å². The Kier molecular flexibility index (Phi) is 4.96. The van der Waals surface area contributed by atoms with E-state index in [4.69, 9.17) is 16.7 Å². The van der Waals surface area contributed by atoms with E-state index >= 15 is 0 Å². The van der Waals surface area contributed by atoms with Crippen molar-refractivity contribution in [2.75, 3.05) is 0 Å². The second-order valence-corrected chi connectivity index (χ2v) is 6.77. The summed E-state index contributed by atoms with van der Waals surface area (Å²) in [7, 11) is -1.46. The van der Waals surface area contributed by atoms with Crippen LogP contribution in [0, 0.1) is 0 Å². The van der Waals surface area contributed by atoms with Crippen molar-refractivity contribution in [2.45, 2.75) is 10.6 Å². The number of aromatic carboxylic acids is 1. The molecule has 0 radical (unpaired) electrons. The van der Waals surface area contributed by atoms with Gasteiger partial charge in [-0.15, -0.1) is 0 Å². The highest BCUT2D eigenvalue weighted by molar-refractivity contribution is 9.10. The summed E-state index contributed by atoms with van der Waals surface area (Å²) in [5.41, 5.74) is 0.771. The monoisotopic (exact) mass is 372 g/mol. The van der Waals surface area contributed by atoms with Crippen molar-refractivity contribution in [3.05, 3.63) is 63.1 Å². The lowest BCUT2D eigenvalue weighted by atomic mass is 10.2. The average molecular weight is 374 g/mol. The van der Waals surface area contributed by atoms with Gasteiger partial charge < -0.3 is 5.11 Å². The van der Waals surface area contributed by atoms with Crippen molar-refractivity contribution in [3.63, 3.8) is 0 Å². The zero-order valence-corrected chi connectivity index (χ0v) is 13.3. The first-order chi connectivity index (χ1) is 9.49. The van der Waals surface area contributed by atoms with Gasteiger partial charge in [0.25, 0.3) is 0 Å². The van der Waals surface area contributed by atoms with E-state index in [1.165, 1.54) is 6.07 Å². The van der Waals surface area contributed by atoms with Gasteiger partial charge in [-0.25, -0.2) is 4.79 Å². The largest absolute Gasteiger partial charge is 0.478 e. The zero-order valence-electron chi connectivity index (χ0n) is 10.2. The smallest absolute Gasteiger partial charge is 0.336 e. The maximum Gasteiger partial charge on any atom is 0.336 e. The van der Waals surface area contributed by atoms with E-state index in [0.717, 1.165) is 4.47 Å². The molecule has 0 saturated carbocycles. The molecule has 6 heteroatoms. The Morgan fingerprint density at radius 1 is 1.25 bits per heavy atom. The van der Waals surface area contributed by atoms with Gasteiger partial charge in [-0.3, -0.25) is 4.21 Å². The molecule has 3 nitrogen and oxygen atoms in total. The van der Waals surface area contributed by atoms with Crippen molar-refractivity contribution in [3.8, 4) is 0 Å². The molecule has 0 aromatic heterocycles. The maximum atomic E-state index is 12.4. The van der Waals surface area contributed by atoms with Gasteiger partial charge in [-0.2, -0.15) is 0 Å². The molecule has 104 valence electrons. The van der Waals surface area contributed by atoms with Crippen LogP contribution in [0.15, 0.2) is 51.8 Å². The molecule has 0 spiro atoms. The predicted octanol–water partition coefficient (Wildman–Crippen LogP) is 4.11. The highest BCUT2D eigenvalue weighted by atomic mass is 79.9. The molecule has 1 unspecified atom stereocenters. The zero-order chi connectivity index (χ0) is 14.7. The number of carbonyl (C=O) groups is 1. The van der Waals surface area contributed by atoms with Crippen molar-refractivity contribution in [1.82, 2.24) is 0 Å². The van der Waals surface area contributed by atoms with Crippen molar-refractivity contribution < 1.29 is 14.1 Å². The van der Waals surface area contributed by atoms with Gasteiger partial charge >= 0.3 is 5.97 Å². The van der Waals surface area contributed by atoms with Gasteiger partial charge in [0.2, 0.25) is 0 Å². The molecular weight excluding hydrogens is 364 g/mol. The lowest BCUT2D eigenvalue weighted by Crippen LogP contribution is -2.06. The van der Waals surface area contributed by atoms with Crippen LogP contribution in [0.1, 0.15) is 15.9 Å². The van der Waals surface area contributed by atoms with Crippen LogP contribution in [-0.4, -0.2) is 15.3 Å². The summed E-state index contributed by atoms with van der Waals surface area (Å²) in [4.78, 5) is 11.4. The molecule has 20 heavy (non-hydrogen) atoms. The Labute approximate surface area is 132 Å². The molecule has 1 N–H and O–H groups in total. The van der Waals surface area contributed by atoms with E-state index < -0.39 is 16.8 Å². The van der Waals surface area contributed by atoms with Crippen LogP contribution >= 0.6 is 27.5 Å². The fourth-order valence-electron chi connectivity index (χ4n) is 1.70. The van der Waals surface area contributed by atoms with Crippen LogP contribution in [0.2, 0.25) is 5.02 Å². The molecule has 0 bridgehead atoms. The van der Waals surface area contributed by atoms with Crippen LogP contribution in [0.3, 0.4) is 0 Å².